The molecule has 1 aromatic carbocycles. The van der Waals surface area contributed by atoms with Crippen molar-refractivity contribution in [3.63, 3.8) is 0 Å². The molecule has 0 aromatic heterocycles. The fourth-order valence-corrected chi connectivity index (χ4v) is 1.96. The fourth-order valence-electron chi connectivity index (χ4n) is 1.74. The second-order valence-corrected chi connectivity index (χ2v) is 4.40. The average Bonchev–Trinajstić information content (AvgIpc) is 2.33. The third kappa shape index (κ3) is 3.11. The van der Waals surface area contributed by atoms with Crippen LogP contribution in [0.25, 0.3) is 0 Å². The van der Waals surface area contributed by atoms with E-state index < -0.39 is 0 Å². The van der Waals surface area contributed by atoms with Gasteiger partial charge in [-0.15, -0.1) is 0 Å². The monoisotopic (exact) mass is 254 g/mol. The molecule has 1 heterocycles. The summed E-state index contributed by atoms with van der Waals surface area (Å²) in [5, 5.41) is 7.81. The van der Waals surface area contributed by atoms with E-state index in [0.717, 1.165) is 26.1 Å². The Morgan fingerprint density at radius 3 is 2.71 bits per heavy atom. The van der Waals surface area contributed by atoms with Gasteiger partial charge in [-0.05, 0) is 18.2 Å². The number of nitrogens with one attached hydrogen (secondary N) is 1. The predicted octanol–water partition coefficient (Wildman–Crippen LogP) is 2.18. The van der Waals surface area contributed by atoms with Crippen LogP contribution in [0.1, 0.15) is 18.4 Å². The molecule has 0 aliphatic carbocycles. The van der Waals surface area contributed by atoms with Gasteiger partial charge in [0.2, 0.25) is 0 Å². The Balaban J connectivity index is 2.08. The molecule has 2 rings (SSSR count). The number of hydrogen-bond donors (Lipinski definition) is 2. The summed E-state index contributed by atoms with van der Waals surface area (Å²) in [5.41, 5.74) is 5.99. The van der Waals surface area contributed by atoms with Crippen molar-refractivity contribution in [3.8, 4) is 5.75 Å². The van der Waals surface area contributed by atoms with Gasteiger partial charge in [0, 0.05) is 18.4 Å². The van der Waals surface area contributed by atoms with E-state index in [-0.39, 0.29) is 11.9 Å². The van der Waals surface area contributed by atoms with Gasteiger partial charge >= 0.3 is 0 Å². The molecule has 1 aliphatic heterocycles. The standard InChI is InChI=1S/C12H15ClN2O2/c13-10-7-8(12(14)15)1-2-11(10)17-9-3-5-16-6-4-9/h1-2,7,9H,3-6H2,(H3,14,15). The van der Waals surface area contributed by atoms with Crippen molar-refractivity contribution in [1.29, 1.82) is 5.41 Å². The second kappa shape index (κ2) is 5.38. The molecular weight excluding hydrogens is 240 g/mol. The van der Waals surface area contributed by atoms with Crippen molar-refractivity contribution in [2.45, 2.75) is 18.9 Å². The minimum absolute atomic E-state index is 0.00418. The van der Waals surface area contributed by atoms with Crippen molar-refractivity contribution in [2.24, 2.45) is 5.73 Å². The van der Waals surface area contributed by atoms with Gasteiger partial charge in [-0.3, -0.25) is 5.41 Å². The highest BCUT2D eigenvalue weighted by Gasteiger charge is 2.16. The van der Waals surface area contributed by atoms with Crippen LogP contribution in [0, 0.1) is 5.41 Å². The normalized spacial score (nSPS) is 16.8. The van der Waals surface area contributed by atoms with Crippen LogP contribution >= 0.6 is 11.6 Å². The molecule has 0 unspecified atom stereocenters. The summed E-state index contributed by atoms with van der Waals surface area (Å²) in [5.74, 6) is 0.646. The molecule has 1 aliphatic rings. The molecule has 0 amide bonds. The summed E-state index contributed by atoms with van der Waals surface area (Å²) < 4.78 is 11.1. The number of benzene rings is 1. The molecule has 3 N–H and O–H groups in total. The minimum Gasteiger partial charge on any atom is -0.489 e. The Labute approximate surface area is 105 Å². The van der Waals surface area contributed by atoms with E-state index in [2.05, 4.69) is 0 Å². The van der Waals surface area contributed by atoms with E-state index in [4.69, 9.17) is 32.2 Å². The molecule has 92 valence electrons. The molecular formula is C12H15ClN2O2. The van der Waals surface area contributed by atoms with Crippen molar-refractivity contribution in [2.75, 3.05) is 13.2 Å². The maximum atomic E-state index is 7.32. The average molecular weight is 255 g/mol. The van der Waals surface area contributed by atoms with Gasteiger partial charge in [0.05, 0.1) is 18.2 Å². The molecule has 0 radical (unpaired) electrons. The zero-order valence-electron chi connectivity index (χ0n) is 9.41. The maximum Gasteiger partial charge on any atom is 0.138 e. The van der Waals surface area contributed by atoms with Gasteiger partial charge in [-0.2, -0.15) is 0 Å². The Morgan fingerprint density at radius 2 is 2.12 bits per heavy atom. The molecule has 17 heavy (non-hydrogen) atoms. The Kier molecular flexibility index (Phi) is 3.86. The van der Waals surface area contributed by atoms with Crippen LogP contribution in [0.4, 0.5) is 0 Å². The van der Waals surface area contributed by atoms with E-state index in [9.17, 15) is 0 Å². The van der Waals surface area contributed by atoms with Crippen molar-refractivity contribution < 1.29 is 9.47 Å². The fraction of sp³-hybridized carbons (Fsp3) is 0.417. The highest BCUT2D eigenvalue weighted by molar-refractivity contribution is 6.32. The highest BCUT2D eigenvalue weighted by Crippen LogP contribution is 2.28. The summed E-state index contributed by atoms with van der Waals surface area (Å²) in [4.78, 5) is 0. The number of nitrogen functional groups attached to an aromatic ring is 1. The van der Waals surface area contributed by atoms with Crippen LogP contribution < -0.4 is 10.5 Å². The summed E-state index contributed by atoms with van der Waals surface area (Å²) in [6.07, 6.45) is 1.92. The Hall–Kier alpha value is -1.26. The van der Waals surface area contributed by atoms with Crippen molar-refractivity contribution >= 4 is 17.4 Å². The lowest BCUT2D eigenvalue weighted by Crippen LogP contribution is -2.26. The van der Waals surface area contributed by atoms with Crippen LogP contribution in [-0.2, 0) is 4.74 Å². The van der Waals surface area contributed by atoms with Gasteiger partial charge in [-0.25, -0.2) is 0 Å². The maximum absolute atomic E-state index is 7.32. The zero-order chi connectivity index (χ0) is 12.3. The van der Waals surface area contributed by atoms with E-state index in [1.54, 1.807) is 18.2 Å². The quantitative estimate of drug-likeness (QED) is 0.642. The first-order valence-electron chi connectivity index (χ1n) is 5.55. The van der Waals surface area contributed by atoms with E-state index >= 15 is 0 Å². The Morgan fingerprint density at radius 1 is 1.41 bits per heavy atom. The van der Waals surface area contributed by atoms with Gasteiger partial charge in [0.25, 0.3) is 0 Å². The van der Waals surface area contributed by atoms with Crippen LogP contribution in [-0.4, -0.2) is 25.2 Å². The number of amidine groups is 1. The lowest BCUT2D eigenvalue weighted by molar-refractivity contribution is 0.0256. The van der Waals surface area contributed by atoms with Crippen LogP contribution in [0.15, 0.2) is 18.2 Å². The number of nitrogens with two attached hydrogens (primary N) is 1. The van der Waals surface area contributed by atoms with Crippen molar-refractivity contribution in [1.82, 2.24) is 0 Å². The first kappa shape index (κ1) is 12.2. The molecule has 0 saturated carbocycles. The van der Waals surface area contributed by atoms with Crippen LogP contribution in [0.5, 0.6) is 5.75 Å². The molecule has 5 heteroatoms. The smallest absolute Gasteiger partial charge is 0.138 e. The molecule has 1 saturated heterocycles. The molecule has 0 spiro atoms. The lowest BCUT2D eigenvalue weighted by atomic mass is 10.1. The minimum atomic E-state index is 0.00418. The van der Waals surface area contributed by atoms with Gasteiger partial charge in [-0.1, -0.05) is 11.6 Å². The van der Waals surface area contributed by atoms with Gasteiger partial charge in [0.1, 0.15) is 17.7 Å². The van der Waals surface area contributed by atoms with Gasteiger partial charge in [0.15, 0.2) is 0 Å². The van der Waals surface area contributed by atoms with Crippen LogP contribution in [0.3, 0.4) is 0 Å². The zero-order valence-corrected chi connectivity index (χ0v) is 10.2. The molecule has 1 fully saturated rings. The SMILES string of the molecule is N=C(N)c1ccc(OC2CCOCC2)c(Cl)c1. The summed E-state index contributed by atoms with van der Waals surface area (Å²) in [6.45, 7) is 1.46. The number of halogens is 1. The summed E-state index contributed by atoms with van der Waals surface area (Å²) in [7, 11) is 0. The molecule has 1 aromatic rings. The third-order valence-electron chi connectivity index (χ3n) is 2.70. The third-order valence-corrected chi connectivity index (χ3v) is 3.00. The molecule has 0 atom stereocenters. The first-order valence-corrected chi connectivity index (χ1v) is 5.93. The number of hydrogen-bond acceptors (Lipinski definition) is 3. The Bertz CT molecular complexity index is 417. The molecule has 0 bridgehead atoms. The highest BCUT2D eigenvalue weighted by atomic mass is 35.5. The lowest BCUT2D eigenvalue weighted by Gasteiger charge is -2.23. The van der Waals surface area contributed by atoms with Crippen LogP contribution in [0.2, 0.25) is 5.02 Å². The predicted molar refractivity (Wildman–Crippen MR) is 66.9 cm³/mol. The number of ether oxygens (including phenoxy) is 2. The topological polar surface area (TPSA) is 68.3 Å². The second-order valence-electron chi connectivity index (χ2n) is 3.99. The van der Waals surface area contributed by atoms with E-state index in [0.29, 0.717) is 16.3 Å². The van der Waals surface area contributed by atoms with E-state index in [1.807, 2.05) is 0 Å². The number of rotatable bonds is 3. The molecule has 4 nitrogen and oxygen atoms in total. The van der Waals surface area contributed by atoms with Crippen molar-refractivity contribution in [3.05, 3.63) is 28.8 Å². The largest absolute Gasteiger partial charge is 0.489 e. The van der Waals surface area contributed by atoms with E-state index in [1.165, 1.54) is 0 Å². The first-order chi connectivity index (χ1) is 8.16. The summed E-state index contributed by atoms with van der Waals surface area (Å²) in [6, 6.07) is 5.15. The van der Waals surface area contributed by atoms with Gasteiger partial charge < -0.3 is 15.2 Å². The summed E-state index contributed by atoms with van der Waals surface area (Å²) >= 11 is 6.08.